The molecule has 1 rings (SSSR count). The second-order valence-corrected chi connectivity index (χ2v) is 4.11. The summed E-state index contributed by atoms with van der Waals surface area (Å²) in [7, 11) is 0. The maximum Gasteiger partial charge on any atom is 0.307 e. The predicted octanol–water partition coefficient (Wildman–Crippen LogP) is 2.31. The molecular formula is C10H16O2. The maximum absolute atomic E-state index is 10.7. The Morgan fingerprint density at radius 2 is 2.25 bits per heavy atom. The highest BCUT2D eigenvalue weighted by Gasteiger charge is 2.61. The molecule has 0 radical (unpaired) electrons. The Morgan fingerprint density at radius 1 is 1.67 bits per heavy atom. The van der Waals surface area contributed by atoms with E-state index in [1.807, 2.05) is 19.9 Å². The van der Waals surface area contributed by atoms with Crippen LogP contribution in [0.3, 0.4) is 0 Å². The summed E-state index contributed by atoms with van der Waals surface area (Å²) in [6, 6.07) is 0. The molecule has 68 valence electrons. The summed E-state index contributed by atoms with van der Waals surface area (Å²) in [4.78, 5) is 10.7. The lowest BCUT2D eigenvalue weighted by atomic mass is 10.1. The van der Waals surface area contributed by atoms with E-state index < -0.39 is 5.97 Å². The van der Waals surface area contributed by atoms with Gasteiger partial charge in [0.25, 0.3) is 0 Å². The van der Waals surface area contributed by atoms with E-state index >= 15 is 0 Å². The minimum absolute atomic E-state index is 0.00877. The topological polar surface area (TPSA) is 37.3 Å². The summed E-state index contributed by atoms with van der Waals surface area (Å²) in [5, 5.41) is 8.83. The molecule has 1 aliphatic rings. The van der Waals surface area contributed by atoms with Gasteiger partial charge in [-0.2, -0.15) is 0 Å². The summed E-state index contributed by atoms with van der Waals surface area (Å²) in [6.45, 7) is 7.69. The molecule has 0 spiro atoms. The summed E-state index contributed by atoms with van der Waals surface area (Å²) in [5.74, 6) is -0.417. The fraction of sp³-hybridized carbons (Fsp3) is 0.700. The number of hydrogen-bond acceptors (Lipinski definition) is 1. The first-order valence-electron chi connectivity index (χ1n) is 4.35. The van der Waals surface area contributed by atoms with Crippen molar-refractivity contribution in [3.8, 4) is 0 Å². The van der Waals surface area contributed by atoms with E-state index in [0.29, 0.717) is 5.92 Å². The van der Waals surface area contributed by atoms with E-state index in [4.69, 9.17) is 5.11 Å². The summed E-state index contributed by atoms with van der Waals surface area (Å²) < 4.78 is 0. The van der Waals surface area contributed by atoms with Crippen LogP contribution in [0.5, 0.6) is 0 Å². The van der Waals surface area contributed by atoms with Crippen molar-refractivity contribution in [1.82, 2.24) is 0 Å². The molecule has 1 aliphatic carbocycles. The number of carboxylic acids is 1. The molecule has 0 aliphatic heterocycles. The van der Waals surface area contributed by atoms with Crippen LogP contribution in [0.2, 0.25) is 0 Å². The van der Waals surface area contributed by atoms with Gasteiger partial charge in [0.15, 0.2) is 0 Å². The summed E-state index contributed by atoms with van der Waals surface area (Å²) >= 11 is 0. The lowest BCUT2D eigenvalue weighted by Gasteiger charge is -1.98. The van der Waals surface area contributed by atoms with Gasteiger partial charge in [-0.25, -0.2) is 0 Å². The Morgan fingerprint density at radius 3 is 2.58 bits per heavy atom. The third-order valence-corrected chi connectivity index (χ3v) is 3.00. The molecule has 0 aromatic rings. The molecule has 1 N–H and O–H groups in total. The van der Waals surface area contributed by atoms with Crippen LogP contribution in [0, 0.1) is 17.3 Å². The first-order valence-corrected chi connectivity index (χ1v) is 4.35. The average molecular weight is 168 g/mol. The second kappa shape index (κ2) is 2.92. The van der Waals surface area contributed by atoms with Gasteiger partial charge in [-0.3, -0.25) is 4.79 Å². The monoisotopic (exact) mass is 168 g/mol. The van der Waals surface area contributed by atoms with Gasteiger partial charge < -0.3 is 5.11 Å². The number of carboxylic acid groups (broad SMARTS) is 1. The van der Waals surface area contributed by atoms with Crippen molar-refractivity contribution in [3.05, 3.63) is 12.7 Å². The molecule has 0 aromatic carbocycles. The van der Waals surface area contributed by atoms with Crippen LogP contribution >= 0.6 is 0 Å². The quantitative estimate of drug-likeness (QED) is 0.654. The molecule has 0 bridgehead atoms. The van der Waals surface area contributed by atoms with Crippen LogP contribution in [0.15, 0.2) is 12.7 Å². The molecule has 12 heavy (non-hydrogen) atoms. The van der Waals surface area contributed by atoms with Crippen molar-refractivity contribution >= 4 is 5.97 Å². The zero-order valence-corrected chi connectivity index (χ0v) is 7.71. The molecule has 0 heterocycles. The Bertz CT molecular complexity index is 206. The second-order valence-electron chi connectivity index (χ2n) is 4.11. The molecule has 1 fully saturated rings. The molecule has 0 saturated heterocycles. The van der Waals surface area contributed by atoms with Crippen molar-refractivity contribution in [2.24, 2.45) is 17.3 Å². The summed E-state index contributed by atoms with van der Waals surface area (Å²) in [6.07, 6.45) is 3.75. The Kier molecular flexibility index (Phi) is 2.27. The minimum Gasteiger partial charge on any atom is -0.481 e. The maximum atomic E-state index is 10.7. The van der Waals surface area contributed by atoms with Gasteiger partial charge >= 0.3 is 5.97 Å². The normalized spacial score (nSPS) is 31.2. The van der Waals surface area contributed by atoms with Crippen molar-refractivity contribution in [2.45, 2.75) is 26.7 Å². The van der Waals surface area contributed by atoms with Gasteiger partial charge in [0, 0.05) is 0 Å². The average Bonchev–Trinajstić information content (AvgIpc) is 2.49. The highest BCUT2D eigenvalue weighted by molar-refractivity contribution is 5.75. The van der Waals surface area contributed by atoms with Gasteiger partial charge in [0.1, 0.15) is 0 Å². The number of aliphatic carboxylic acids is 1. The third-order valence-electron chi connectivity index (χ3n) is 3.00. The molecule has 2 nitrogen and oxygen atoms in total. The van der Waals surface area contributed by atoms with Crippen LogP contribution < -0.4 is 0 Å². The molecule has 0 amide bonds. The van der Waals surface area contributed by atoms with Gasteiger partial charge in [-0.1, -0.05) is 19.9 Å². The van der Waals surface area contributed by atoms with Gasteiger partial charge in [0.05, 0.1) is 5.92 Å². The highest BCUT2D eigenvalue weighted by Crippen LogP contribution is 2.60. The van der Waals surface area contributed by atoms with Crippen LogP contribution in [0.25, 0.3) is 0 Å². The van der Waals surface area contributed by atoms with E-state index in [2.05, 4.69) is 6.58 Å². The van der Waals surface area contributed by atoms with Crippen LogP contribution in [0.4, 0.5) is 0 Å². The zero-order chi connectivity index (χ0) is 9.35. The number of carbonyl (C=O) groups is 1. The number of rotatable bonds is 4. The Balaban J connectivity index is 2.48. The smallest absolute Gasteiger partial charge is 0.307 e. The summed E-state index contributed by atoms with van der Waals surface area (Å²) in [5.41, 5.74) is 0.00877. The molecule has 2 heteroatoms. The van der Waals surface area contributed by atoms with Crippen molar-refractivity contribution in [3.63, 3.8) is 0 Å². The Hall–Kier alpha value is -0.790. The SMILES string of the molecule is C=CCCC1C(C(=O)O)C1(C)C. The van der Waals surface area contributed by atoms with Crippen molar-refractivity contribution in [2.75, 3.05) is 0 Å². The fourth-order valence-electron chi connectivity index (χ4n) is 2.07. The van der Waals surface area contributed by atoms with Crippen LogP contribution in [0.1, 0.15) is 26.7 Å². The fourth-order valence-corrected chi connectivity index (χ4v) is 2.07. The van der Waals surface area contributed by atoms with Crippen molar-refractivity contribution < 1.29 is 9.90 Å². The Labute approximate surface area is 73.3 Å². The first kappa shape index (κ1) is 9.30. The van der Waals surface area contributed by atoms with E-state index in [1.165, 1.54) is 0 Å². The standard InChI is InChI=1S/C10H16O2/c1-4-5-6-7-8(9(11)12)10(7,2)3/h4,7-8H,1,5-6H2,2-3H3,(H,11,12). The van der Waals surface area contributed by atoms with Gasteiger partial charge in [-0.15, -0.1) is 6.58 Å². The number of hydrogen-bond donors (Lipinski definition) is 1. The molecular weight excluding hydrogens is 152 g/mol. The lowest BCUT2D eigenvalue weighted by Crippen LogP contribution is -2.03. The largest absolute Gasteiger partial charge is 0.481 e. The van der Waals surface area contributed by atoms with E-state index in [9.17, 15) is 4.79 Å². The number of allylic oxidation sites excluding steroid dienone is 1. The molecule has 1 saturated carbocycles. The van der Waals surface area contributed by atoms with Gasteiger partial charge in [-0.05, 0) is 24.2 Å². The van der Waals surface area contributed by atoms with Crippen LogP contribution in [-0.4, -0.2) is 11.1 Å². The van der Waals surface area contributed by atoms with Crippen molar-refractivity contribution in [1.29, 1.82) is 0 Å². The molecule has 0 aromatic heterocycles. The lowest BCUT2D eigenvalue weighted by molar-refractivity contribution is -0.139. The molecule has 2 unspecified atom stereocenters. The molecule has 2 atom stereocenters. The van der Waals surface area contributed by atoms with E-state index in [1.54, 1.807) is 0 Å². The van der Waals surface area contributed by atoms with Gasteiger partial charge in [0.2, 0.25) is 0 Å². The van der Waals surface area contributed by atoms with Crippen LogP contribution in [-0.2, 0) is 4.79 Å². The first-order chi connectivity index (χ1) is 5.51. The highest BCUT2D eigenvalue weighted by atomic mass is 16.4. The third kappa shape index (κ3) is 1.38. The minimum atomic E-state index is -0.644. The zero-order valence-electron chi connectivity index (χ0n) is 7.71. The predicted molar refractivity (Wildman–Crippen MR) is 47.8 cm³/mol. The van der Waals surface area contributed by atoms with E-state index in [-0.39, 0.29) is 11.3 Å². The van der Waals surface area contributed by atoms with E-state index in [0.717, 1.165) is 12.8 Å².